The maximum Gasteiger partial charge on any atom is 0.147 e. The van der Waals surface area contributed by atoms with E-state index in [4.69, 9.17) is 11.6 Å². The van der Waals surface area contributed by atoms with Gasteiger partial charge in [0.1, 0.15) is 11.3 Å². The van der Waals surface area contributed by atoms with Crippen molar-refractivity contribution >= 4 is 28.2 Å². The zero-order valence-corrected chi connectivity index (χ0v) is 14.6. The largest absolute Gasteiger partial charge is 0.505 e. The normalized spacial score (nSPS) is 12.0. The summed E-state index contributed by atoms with van der Waals surface area (Å²) >= 11 is 6.04. The van der Waals surface area contributed by atoms with E-state index in [1.54, 1.807) is 18.6 Å². The van der Waals surface area contributed by atoms with E-state index in [1.165, 1.54) is 0 Å². The predicted molar refractivity (Wildman–Crippen MR) is 105 cm³/mol. The van der Waals surface area contributed by atoms with Gasteiger partial charge in [-0.25, -0.2) is 0 Å². The zero-order valence-electron chi connectivity index (χ0n) is 13.8. The lowest BCUT2D eigenvalue weighted by Crippen LogP contribution is -2.13. The summed E-state index contributed by atoms with van der Waals surface area (Å²) in [6, 6.07) is 18.8. The number of hydrogen-bond acceptors (Lipinski definition) is 4. The minimum Gasteiger partial charge on any atom is -0.505 e. The van der Waals surface area contributed by atoms with E-state index < -0.39 is 0 Å². The van der Waals surface area contributed by atoms with Crippen molar-refractivity contribution in [1.82, 2.24) is 9.97 Å². The Hall–Kier alpha value is -3.11. The van der Waals surface area contributed by atoms with Gasteiger partial charge in [0.05, 0.1) is 11.7 Å². The van der Waals surface area contributed by atoms with Crippen molar-refractivity contribution < 1.29 is 5.11 Å². The summed E-state index contributed by atoms with van der Waals surface area (Å²) in [5.74, 6) is 0.166. The van der Waals surface area contributed by atoms with Crippen molar-refractivity contribution in [3.05, 3.63) is 95.4 Å². The van der Waals surface area contributed by atoms with Crippen molar-refractivity contribution in [1.29, 1.82) is 0 Å². The van der Waals surface area contributed by atoms with Gasteiger partial charge in [-0.2, -0.15) is 0 Å². The fourth-order valence-electron chi connectivity index (χ4n) is 2.99. The first-order valence-electron chi connectivity index (χ1n) is 8.21. The summed E-state index contributed by atoms with van der Waals surface area (Å²) < 4.78 is 0. The lowest BCUT2D eigenvalue weighted by atomic mass is 9.96. The third-order valence-corrected chi connectivity index (χ3v) is 4.52. The first-order chi connectivity index (χ1) is 12.7. The number of rotatable bonds is 4. The van der Waals surface area contributed by atoms with E-state index in [0.717, 1.165) is 22.2 Å². The molecule has 0 aliphatic heterocycles. The lowest BCUT2D eigenvalue weighted by molar-refractivity contribution is 0.472. The number of aromatic hydroxyl groups is 1. The maximum absolute atomic E-state index is 10.9. The highest BCUT2D eigenvalue weighted by Crippen LogP contribution is 2.36. The van der Waals surface area contributed by atoms with Gasteiger partial charge in [-0.15, -0.1) is 0 Å². The fraction of sp³-hybridized carbons (Fsp3) is 0.0476. The third kappa shape index (κ3) is 3.19. The first kappa shape index (κ1) is 16.4. The number of phenols is 1. The van der Waals surface area contributed by atoms with Crippen LogP contribution in [0.15, 0.2) is 79.3 Å². The lowest BCUT2D eigenvalue weighted by Gasteiger charge is -2.22. The number of hydrogen-bond donors (Lipinski definition) is 2. The molecule has 2 aromatic carbocycles. The number of aromatic nitrogens is 2. The van der Waals surface area contributed by atoms with Crippen molar-refractivity contribution in [3.63, 3.8) is 0 Å². The first-order valence-corrected chi connectivity index (χ1v) is 8.59. The number of nitrogens with zero attached hydrogens (tertiary/aromatic N) is 2. The molecule has 0 bridgehead atoms. The standard InChI is InChI=1S/C21H16ClN3O/c22-16-8-5-15(6-9-16)19(25-17-4-2-11-23-13-17)18-10-7-14-3-1-12-24-20(14)21(18)26/h1-13,19,25-26H. The van der Waals surface area contributed by atoms with Gasteiger partial charge in [-0.1, -0.05) is 41.9 Å². The Bertz CT molecular complexity index is 1040. The molecule has 0 spiro atoms. The average molecular weight is 362 g/mol. The van der Waals surface area contributed by atoms with E-state index >= 15 is 0 Å². The van der Waals surface area contributed by atoms with Crippen LogP contribution in [0.2, 0.25) is 5.02 Å². The van der Waals surface area contributed by atoms with Crippen LogP contribution in [0.4, 0.5) is 5.69 Å². The molecule has 4 nitrogen and oxygen atoms in total. The van der Waals surface area contributed by atoms with Crippen LogP contribution in [0, 0.1) is 0 Å². The Morgan fingerprint density at radius 3 is 2.50 bits per heavy atom. The molecule has 26 heavy (non-hydrogen) atoms. The van der Waals surface area contributed by atoms with E-state index in [9.17, 15) is 5.11 Å². The number of pyridine rings is 2. The van der Waals surface area contributed by atoms with Gasteiger partial charge in [-0.05, 0) is 35.9 Å². The smallest absolute Gasteiger partial charge is 0.147 e. The van der Waals surface area contributed by atoms with Crippen LogP contribution >= 0.6 is 11.6 Å². The summed E-state index contributed by atoms with van der Waals surface area (Å²) in [4.78, 5) is 8.48. The second-order valence-corrected chi connectivity index (χ2v) is 6.39. The SMILES string of the molecule is Oc1c(C(Nc2cccnc2)c2ccc(Cl)cc2)ccc2cccnc12. The summed E-state index contributed by atoms with van der Waals surface area (Å²) in [7, 11) is 0. The number of phenolic OH excluding ortho intramolecular Hbond substituents is 1. The molecular weight excluding hydrogens is 346 g/mol. The van der Waals surface area contributed by atoms with E-state index in [0.29, 0.717) is 10.5 Å². The van der Waals surface area contributed by atoms with Crippen molar-refractivity contribution in [3.8, 4) is 5.75 Å². The van der Waals surface area contributed by atoms with Crippen LogP contribution < -0.4 is 5.32 Å². The molecule has 0 saturated carbocycles. The molecule has 1 atom stereocenters. The predicted octanol–water partition coefficient (Wildman–Crippen LogP) is 5.19. The molecule has 0 aliphatic carbocycles. The van der Waals surface area contributed by atoms with E-state index in [-0.39, 0.29) is 11.8 Å². The van der Waals surface area contributed by atoms with Crippen molar-refractivity contribution in [2.24, 2.45) is 0 Å². The second-order valence-electron chi connectivity index (χ2n) is 5.95. The number of halogens is 1. The maximum atomic E-state index is 10.9. The molecule has 0 amide bonds. The van der Waals surface area contributed by atoms with Gasteiger partial charge in [-0.3, -0.25) is 9.97 Å². The molecule has 0 fully saturated rings. The molecule has 0 saturated heterocycles. The van der Waals surface area contributed by atoms with Gasteiger partial charge >= 0.3 is 0 Å². The molecule has 2 N–H and O–H groups in total. The van der Waals surface area contributed by atoms with Crippen LogP contribution in [-0.4, -0.2) is 15.1 Å². The molecule has 5 heteroatoms. The van der Waals surface area contributed by atoms with Gasteiger partial charge < -0.3 is 10.4 Å². The Labute approximate surface area is 156 Å². The van der Waals surface area contributed by atoms with Gasteiger partial charge in [0.15, 0.2) is 0 Å². The van der Waals surface area contributed by atoms with E-state index in [1.807, 2.05) is 60.7 Å². The zero-order chi connectivity index (χ0) is 17.9. The molecule has 4 rings (SSSR count). The summed E-state index contributed by atoms with van der Waals surface area (Å²) in [6.07, 6.45) is 5.15. The van der Waals surface area contributed by atoms with Gasteiger partial charge in [0.2, 0.25) is 0 Å². The molecule has 2 aromatic heterocycles. The summed E-state index contributed by atoms with van der Waals surface area (Å²) in [5.41, 5.74) is 3.15. The molecule has 4 aromatic rings. The molecule has 2 heterocycles. The Kier molecular flexibility index (Phi) is 4.42. The van der Waals surface area contributed by atoms with Crippen molar-refractivity contribution in [2.75, 3.05) is 5.32 Å². The Morgan fingerprint density at radius 1 is 0.923 bits per heavy atom. The topological polar surface area (TPSA) is 58.0 Å². The van der Waals surface area contributed by atoms with Gasteiger partial charge in [0, 0.05) is 34.6 Å². The fourth-order valence-corrected chi connectivity index (χ4v) is 3.11. The molecular formula is C21H16ClN3O. The average Bonchev–Trinajstić information content (AvgIpc) is 2.69. The van der Waals surface area contributed by atoms with Crippen LogP contribution in [0.25, 0.3) is 10.9 Å². The molecule has 0 radical (unpaired) electrons. The van der Waals surface area contributed by atoms with Crippen LogP contribution in [-0.2, 0) is 0 Å². The number of anilines is 1. The second kappa shape index (κ2) is 7.02. The van der Waals surface area contributed by atoms with Crippen LogP contribution in [0.1, 0.15) is 17.2 Å². The molecule has 128 valence electrons. The van der Waals surface area contributed by atoms with E-state index in [2.05, 4.69) is 15.3 Å². The number of nitrogens with one attached hydrogen (secondary N) is 1. The Morgan fingerprint density at radius 2 is 1.73 bits per heavy atom. The summed E-state index contributed by atoms with van der Waals surface area (Å²) in [5, 5.41) is 15.9. The quantitative estimate of drug-likeness (QED) is 0.525. The van der Waals surface area contributed by atoms with Gasteiger partial charge in [0.25, 0.3) is 0 Å². The Balaban J connectivity index is 1.84. The van der Waals surface area contributed by atoms with Crippen LogP contribution in [0.5, 0.6) is 5.75 Å². The molecule has 0 aliphatic rings. The minimum atomic E-state index is -0.275. The minimum absolute atomic E-state index is 0.166. The van der Waals surface area contributed by atoms with Crippen LogP contribution in [0.3, 0.4) is 0 Å². The number of benzene rings is 2. The van der Waals surface area contributed by atoms with Crippen molar-refractivity contribution in [2.45, 2.75) is 6.04 Å². The summed E-state index contributed by atoms with van der Waals surface area (Å²) in [6.45, 7) is 0. The monoisotopic (exact) mass is 361 g/mol. The third-order valence-electron chi connectivity index (χ3n) is 4.27. The highest BCUT2D eigenvalue weighted by molar-refractivity contribution is 6.30. The number of fused-ring (bicyclic) bond motifs is 1. The highest BCUT2D eigenvalue weighted by Gasteiger charge is 2.20. The molecule has 1 unspecified atom stereocenters. The highest BCUT2D eigenvalue weighted by atomic mass is 35.5.